The molecule has 18 heavy (non-hydrogen) atoms. The maximum absolute atomic E-state index is 9.10. The Morgan fingerprint density at radius 3 is 2.83 bits per heavy atom. The van der Waals surface area contributed by atoms with Crippen LogP contribution in [0.25, 0.3) is 21.9 Å². The van der Waals surface area contributed by atoms with Crippen LogP contribution >= 0.6 is 11.6 Å². The van der Waals surface area contributed by atoms with Gasteiger partial charge in [0, 0.05) is 16.5 Å². The first-order chi connectivity index (χ1) is 8.74. The van der Waals surface area contributed by atoms with E-state index in [0.717, 1.165) is 10.8 Å². The van der Waals surface area contributed by atoms with Gasteiger partial charge in [0.05, 0.1) is 18.1 Å². The Balaban J connectivity index is 2.56. The summed E-state index contributed by atoms with van der Waals surface area (Å²) in [5, 5.41) is 11.4. The van der Waals surface area contributed by atoms with E-state index in [4.69, 9.17) is 26.0 Å². The van der Waals surface area contributed by atoms with Gasteiger partial charge in [-0.1, -0.05) is 11.6 Å². The highest BCUT2D eigenvalue weighted by molar-refractivity contribution is 6.31. The van der Waals surface area contributed by atoms with Gasteiger partial charge < -0.3 is 9.15 Å². The monoisotopic (exact) mass is 257 g/mol. The molecule has 0 spiro atoms. The molecule has 1 aromatic heterocycles. The van der Waals surface area contributed by atoms with Gasteiger partial charge in [-0.25, -0.2) is 0 Å². The normalized spacial score (nSPS) is 10.7. The van der Waals surface area contributed by atoms with Gasteiger partial charge in [0.15, 0.2) is 5.58 Å². The van der Waals surface area contributed by atoms with Crippen LogP contribution in [0.4, 0.5) is 0 Å². The highest BCUT2D eigenvalue weighted by Crippen LogP contribution is 2.38. The smallest absolute Gasteiger partial charge is 0.156 e. The Labute approximate surface area is 108 Å². The third-order valence-electron chi connectivity index (χ3n) is 2.88. The summed E-state index contributed by atoms with van der Waals surface area (Å²) in [7, 11) is 1.59. The number of nitriles is 1. The topological polar surface area (TPSA) is 46.2 Å². The van der Waals surface area contributed by atoms with Crippen molar-refractivity contribution in [3.05, 3.63) is 40.9 Å². The van der Waals surface area contributed by atoms with Gasteiger partial charge in [0.1, 0.15) is 17.4 Å². The van der Waals surface area contributed by atoms with Crippen LogP contribution in [0.3, 0.4) is 0 Å². The van der Waals surface area contributed by atoms with Crippen LogP contribution < -0.4 is 4.74 Å². The number of nitrogens with zero attached hydrogens (tertiary/aromatic N) is 1. The van der Waals surface area contributed by atoms with Crippen LogP contribution in [0.15, 0.2) is 34.7 Å². The van der Waals surface area contributed by atoms with E-state index in [1.807, 2.05) is 6.07 Å². The maximum atomic E-state index is 9.10. The summed E-state index contributed by atoms with van der Waals surface area (Å²) in [6, 6.07) is 11.0. The van der Waals surface area contributed by atoms with E-state index < -0.39 is 0 Å². The fourth-order valence-electron chi connectivity index (χ4n) is 2.08. The van der Waals surface area contributed by atoms with Gasteiger partial charge in [-0.05, 0) is 24.3 Å². The predicted molar refractivity (Wildman–Crippen MR) is 70.0 cm³/mol. The van der Waals surface area contributed by atoms with Gasteiger partial charge in [-0.15, -0.1) is 0 Å². The summed E-state index contributed by atoms with van der Waals surface area (Å²) in [4.78, 5) is 0. The Morgan fingerprint density at radius 1 is 1.28 bits per heavy atom. The quantitative estimate of drug-likeness (QED) is 0.659. The summed E-state index contributed by atoms with van der Waals surface area (Å²) in [6.45, 7) is 0. The number of methoxy groups -OCH3 is 1. The summed E-state index contributed by atoms with van der Waals surface area (Å²) < 4.78 is 11.0. The molecule has 3 rings (SSSR count). The second-order valence-corrected chi connectivity index (χ2v) is 4.31. The van der Waals surface area contributed by atoms with Gasteiger partial charge >= 0.3 is 0 Å². The van der Waals surface area contributed by atoms with Crippen molar-refractivity contribution >= 4 is 33.5 Å². The predicted octanol–water partition coefficient (Wildman–Crippen LogP) is 4.12. The molecule has 4 heteroatoms. The van der Waals surface area contributed by atoms with E-state index >= 15 is 0 Å². The maximum Gasteiger partial charge on any atom is 0.156 e. The van der Waals surface area contributed by atoms with Crippen LogP contribution in [0.5, 0.6) is 5.75 Å². The zero-order valence-corrected chi connectivity index (χ0v) is 10.3. The lowest BCUT2D eigenvalue weighted by Gasteiger charge is -2.01. The Kier molecular flexibility index (Phi) is 2.39. The number of halogens is 1. The zero-order chi connectivity index (χ0) is 12.7. The molecule has 0 atom stereocenters. The SMILES string of the molecule is COc1ccc(C#N)c2oc3cc(Cl)ccc3c12. The molecular formula is C14H8ClNO2. The Bertz CT molecular complexity index is 799. The average molecular weight is 258 g/mol. The Hall–Kier alpha value is -2.18. The lowest BCUT2D eigenvalue weighted by molar-refractivity contribution is 0.420. The molecule has 3 aromatic rings. The molecule has 3 nitrogen and oxygen atoms in total. The summed E-state index contributed by atoms with van der Waals surface area (Å²) in [5.74, 6) is 0.685. The van der Waals surface area contributed by atoms with Crippen LogP contribution in [-0.2, 0) is 0 Å². The van der Waals surface area contributed by atoms with Crippen LogP contribution in [0.2, 0.25) is 5.02 Å². The van der Waals surface area contributed by atoms with Crippen molar-refractivity contribution in [3.8, 4) is 11.8 Å². The fourth-order valence-corrected chi connectivity index (χ4v) is 2.24. The largest absolute Gasteiger partial charge is 0.496 e. The van der Waals surface area contributed by atoms with Crippen molar-refractivity contribution in [2.75, 3.05) is 7.11 Å². The Morgan fingerprint density at radius 2 is 2.11 bits per heavy atom. The highest BCUT2D eigenvalue weighted by atomic mass is 35.5. The summed E-state index contributed by atoms with van der Waals surface area (Å²) in [6.07, 6.45) is 0. The highest BCUT2D eigenvalue weighted by Gasteiger charge is 2.15. The van der Waals surface area contributed by atoms with Crippen LogP contribution in [0.1, 0.15) is 5.56 Å². The van der Waals surface area contributed by atoms with Gasteiger partial charge in [-0.3, -0.25) is 0 Å². The van der Waals surface area contributed by atoms with Gasteiger partial charge in [-0.2, -0.15) is 5.26 Å². The number of rotatable bonds is 1. The van der Waals surface area contributed by atoms with E-state index in [9.17, 15) is 0 Å². The molecule has 0 saturated heterocycles. The molecule has 0 bridgehead atoms. The van der Waals surface area contributed by atoms with Crippen molar-refractivity contribution in [3.63, 3.8) is 0 Å². The second-order valence-electron chi connectivity index (χ2n) is 3.87. The van der Waals surface area contributed by atoms with Crippen molar-refractivity contribution in [1.29, 1.82) is 5.26 Å². The molecule has 88 valence electrons. The fraction of sp³-hybridized carbons (Fsp3) is 0.0714. The van der Waals surface area contributed by atoms with Crippen LogP contribution in [0, 0.1) is 11.3 Å². The lowest BCUT2D eigenvalue weighted by Crippen LogP contribution is -1.85. The molecule has 1 heterocycles. The third kappa shape index (κ3) is 1.43. The molecule has 0 radical (unpaired) electrons. The van der Waals surface area contributed by atoms with E-state index in [0.29, 0.717) is 27.5 Å². The number of hydrogen-bond acceptors (Lipinski definition) is 3. The number of benzene rings is 2. The molecule has 0 aliphatic carbocycles. The molecule has 0 unspecified atom stereocenters. The zero-order valence-electron chi connectivity index (χ0n) is 9.53. The van der Waals surface area contributed by atoms with Crippen molar-refractivity contribution < 1.29 is 9.15 Å². The summed E-state index contributed by atoms with van der Waals surface area (Å²) >= 11 is 5.94. The first-order valence-corrected chi connectivity index (χ1v) is 5.71. The van der Waals surface area contributed by atoms with Gasteiger partial charge in [0.25, 0.3) is 0 Å². The first-order valence-electron chi connectivity index (χ1n) is 5.33. The van der Waals surface area contributed by atoms with E-state index in [1.54, 1.807) is 31.4 Å². The third-order valence-corrected chi connectivity index (χ3v) is 3.12. The van der Waals surface area contributed by atoms with Gasteiger partial charge in [0.2, 0.25) is 0 Å². The second kappa shape index (κ2) is 3.94. The minimum atomic E-state index is 0.484. The van der Waals surface area contributed by atoms with E-state index in [1.165, 1.54) is 0 Å². The van der Waals surface area contributed by atoms with Crippen molar-refractivity contribution in [1.82, 2.24) is 0 Å². The van der Waals surface area contributed by atoms with E-state index in [-0.39, 0.29) is 0 Å². The number of ether oxygens (including phenoxy) is 1. The molecule has 0 N–H and O–H groups in total. The molecule has 0 fully saturated rings. The minimum Gasteiger partial charge on any atom is -0.496 e. The number of fused-ring (bicyclic) bond motifs is 3. The molecule has 0 aliphatic rings. The first kappa shape index (κ1) is 10.9. The molecule has 0 amide bonds. The number of hydrogen-bond donors (Lipinski definition) is 0. The summed E-state index contributed by atoms with van der Waals surface area (Å²) in [5.41, 5.74) is 1.67. The average Bonchev–Trinajstić information content (AvgIpc) is 2.75. The molecular weight excluding hydrogens is 250 g/mol. The lowest BCUT2D eigenvalue weighted by atomic mass is 10.1. The standard InChI is InChI=1S/C14H8ClNO2/c1-17-11-5-2-8(7-16)14-13(11)10-4-3-9(15)6-12(10)18-14/h2-6H,1H3. The molecule has 2 aromatic carbocycles. The van der Waals surface area contributed by atoms with E-state index in [2.05, 4.69) is 6.07 Å². The molecule has 0 aliphatic heterocycles. The van der Waals surface area contributed by atoms with Crippen LogP contribution in [-0.4, -0.2) is 7.11 Å². The van der Waals surface area contributed by atoms with Crippen molar-refractivity contribution in [2.24, 2.45) is 0 Å². The number of furan rings is 1. The van der Waals surface area contributed by atoms with Crippen molar-refractivity contribution in [2.45, 2.75) is 0 Å². The molecule has 0 saturated carbocycles. The minimum absolute atomic E-state index is 0.484.